The first kappa shape index (κ1) is 24.2. The van der Waals surface area contributed by atoms with Crippen LogP contribution in [0.4, 0.5) is 4.39 Å². The molecule has 8 heteroatoms. The maximum absolute atomic E-state index is 14.2. The quantitative estimate of drug-likeness (QED) is 0.355. The van der Waals surface area contributed by atoms with E-state index in [1.54, 1.807) is 24.4 Å². The number of halogens is 1. The smallest absolute Gasteiger partial charge is 0.328 e. The van der Waals surface area contributed by atoms with E-state index < -0.39 is 17.2 Å². The molecule has 2 aromatic heterocycles. The van der Waals surface area contributed by atoms with Gasteiger partial charge in [-0.15, -0.1) is 0 Å². The van der Waals surface area contributed by atoms with Crippen molar-refractivity contribution in [2.24, 2.45) is 5.41 Å². The number of aliphatic carboxylic acids is 1. The Kier molecular flexibility index (Phi) is 6.00. The van der Waals surface area contributed by atoms with E-state index in [1.165, 1.54) is 17.9 Å². The van der Waals surface area contributed by atoms with Crippen molar-refractivity contribution in [2.45, 2.75) is 40.5 Å². The van der Waals surface area contributed by atoms with Crippen LogP contribution in [0.25, 0.3) is 33.6 Å². The van der Waals surface area contributed by atoms with Gasteiger partial charge in [0.15, 0.2) is 11.6 Å². The number of benzene rings is 2. The van der Waals surface area contributed by atoms with Crippen molar-refractivity contribution in [2.75, 3.05) is 7.11 Å². The molecule has 2 aromatic carbocycles. The molecule has 0 atom stereocenters. The minimum atomic E-state index is -1.07. The largest absolute Gasteiger partial charge is 0.494 e. The highest BCUT2D eigenvalue weighted by Crippen LogP contribution is 2.38. The summed E-state index contributed by atoms with van der Waals surface area (Å²) >= 11 is 0. The zero-order chi connectivity index (χ0) is 25.7. The summed E-state index contributed by atoms with van der Waals surface area (Å²) in [4.78, 5) is 24.4. The van der Waals surface area contributed by atoms with E-state index in [0.29, 0.717) is 16.8 Å². The maximum atomic E-state index is 14.2. The minimum Gasteiger partial charge on any atom is -0.494 e. The average molecular weight is 478 g/mol. The first-order chi connectivity index (χ1) is 16.4. The Morgan fingerprint density at radius 1 is 1.14 bits per heavy atom. The second-order valence-electron chi connectivity index (χ2n) is 9.82. The molecular formula is C27H28FN3O4. The predicted octanol–water partition coefficient (Wildman–Crippen LogP) is 6.04. The van der Waals surface area contributed by atoms with Gasteiger partial charge < -0.3 is 14.4 Å². The fourth-order valence-corrected chi connectivity index (χ4v) is 4.30. The standard InChI is InChI=1S/C27H28FN3O4/c1-15(2)25-18(8-10-24(32)33)19-13-21-16(14-29-31(21)26(34)27(3,4)5)11-22(19)30(25)17-7-9-20(28)23(12-17)35-6/h7-15H,1-6H3,(H,32,33)/b10-8+. The van der Waals surface area contributed by atoms with E-state index in [1.807, 2.05) is 51.3 Å². The van der Waals surface area contributed by atoms with Gasteiger partial charge >= 0.3 is 5.97 Å². The van der Waals surface area contributed by atoms with Crippen molar-refractivity contribution < 1.29 is 23.8 Å². The molecule has 0 radical (unpaired) electrons. The number of methoxy groups -OCH3 is 1. The molecule has 0 saturated carbocycles. The fourth-order valence-electron chi connectivity index (χ4n) is 4.30. The summed E-state index contributed by atoms with van der Waals surface area (Å²) in [7, 11) is 1.41. The van der Waals surface area contributed by atoms with Crippen molar-refractivity contribution in [3.05, 3.63) is 59.7 Å². The van der Waals surface area contributed by atoms with E-state index in [2.05, 4.69) is 5.10 Å². The van der Waals surface area contributed by atoms with Crippen molar-refractivity contribution in [3.63, 3.8) is 0 Å². The van der Waals surface area contributed by atoms with Crippen LogP contribution in [-0.4, -0.2) is 38.4 Å². The van der Waals surface area contributed by atoms with Crippen LogP contribution in [0.3, 0.4) is 0 Å². The normalized spacial score (nSPS) is 12.3. The van der Waals surface area contributed by atoms with Gasteiger partial charge in [-0.3, -0.25) is 4.79 Å². The Balaban J connectivity index is 2.13. The number of hydrogen-bond donors (Lipinski definition) is 1. The molecule has 35 heavy (non-hydrogen) atoms. The Morgan fingerprint density at radius 2 is 1.86 bits per heavy atom. The summed E-state index contributed by atoms with van der Waals surface area (Å²) in [5.41, 5.74) is 3.00. The third kappa shape index (κ3) is 4.20. The molecule has 2 heterocycles. The zero-order valence-electron chi connectivity index (χ0n) is 20.6. The Morgan fingerprint density at radius 3 is 2.46 bits per heavy atom. The number of carbonyl (C=O) groups is 2. The summed E-state index contributed by atoms with van der Waals surface area (Å²) in [5, 5.41) is 15.2. The van der Waals surface area contributed by atoms with E-state index in [9.17, 15) is 19.1 Å². The molecule has 0 spiro atoms. The van der Waals surface area contributed by atoms with Crippen LogP contribution in [-0.2, 0) is 4.79 Å². The second kappa shape index (κ2) is 8.69. The SMILES string of the molecule is COc1cc(-n2c(C(C)C)c(/C=C/C(=O)O)c3cc4c(cnn4C(=O)C(C)(C)C)cc32)ccc1F. The van der Waals surface area contributed by atoms with Crippen molar-refractivity contribution in [1.82, 2.24) is 14.3 Å². The number of rotatable bonds is 5. The highest BCUT2D eigenvalue weighted by atomic mass is 19.1. The molecule has 0 amide bonds. The van der Waals surface area contributed by atoms with Gasteiger partial charge in [-0.1, -0.05) is 34.6 Å². The monoisotopic (exact) mass is 477 g/mol. The van der Waals surface area contributed by atoms with E-state index in [4.69, 9.17) is 4.74 Å². The van der Waals surface area contributed by atoms with Gasteiger partial charge in [0, 0.05) is 45.3 Å². The lowest BCUT2D eigenvalue weighted by molar-refractivity contribution is -0.131. The number of fused-ring (bicyclic) bond motifs is 2. The highest BCUT2D eigenvalue weighted by Gasteiger charge is 2.27. The van der Waals surface area contributed by atoms with Crippen LogP contribution < -0.4 is 4.74 Å². The highest BCUT2D eigenvalue weighted by molar-refractivity contribution is 6.05. The second-order valence-corrected chi connectivity index (χ2v) is 9.82. The van der Waals surface area contributed by atoms with E-state index in [-0.39, 0.29) is 17.6 Å². The third-order valence-electron chi connectivity index (χ3n) is 5.90. The molecule has 0 fully saturated rings. The minimum absolute atomic E-state index is 0.0114. The van der Waals surface area contributed by atoms with Crippen LogP contribution in [0.15, 0.2) is 42.6 Å². The zero-order valence-corrected chi connectivity index (χ0v) is 20.6. The lowest BCUT2D eigenvalue weighted by Gasteiger charge is -2.16. The number of nitrogens with zero attached hydrogens (tertiary/aromatic N) is 3. The first-order valence-corrected chi connectivity index (χ1v) is 11.3. The summed E-state index contributed by atoms with van der Waals surface area (Å²) in [6.45, 7) is 9.51. The Labute approximate surface area is 202 Å². The number of hydrogen-bond acceptors (Lipinski definition) is 4. The topological polar surface area (TPSA) is 86.3 Å². The first-order valence-electron chi connectivity index (χ1n) is 11.3. The lowest BCUT2D eigenvalue weighted by Crippen LogP contribution is -2.27. The summed E-state index contributed by atoms with van der Waals surface area (Å²) in [6, 6.07) is 8.40. The molecule has 4 rings (SSSR count). The van der Waals surface area contributed by atoms with Gasteiger partial charge in [-0.05, 0) is 36.3 Å². The third-order valence-corrected chi connectivity index (χ3v) is 5.90. The molecule has 7 nitrogen and oxygen atoms in total. The van der Waals surface area contributed by atoms with Gasteiger partial charge in [0.25, 0.3) is 5.91 Å². The molecular weight excluding hydrogens is 449 g/mol. The predicted molar refractivity (Wildman–Crippen MR) is 134 cm³/mol. The summed E-state index contributed by atoms with van der Waals surface area (Å²) in [6.07, 6.45) is 4.30. The number of carboxylic acids is 1. The molecule has 0 aliphatic heterocycles. The van der Waals surface area contributed by atoms with E-state index >= 15 is 0 Å². The molecule has 0 bridgehead atoms. The summed E-state index contributed by atoms with van der Waals surface area (Å²) in [5.74, 6) is -1.61. The van der Waals surface area contributed by atoms with Crippen molar-refractivity contribution in [1.29, 1.82) is 0 Å². The van der Waals surface area contributed by atoms with Crippen molar-refractivity contribution in [3.8, 4) is 11.4 Å². The van der Waals surface area contributed by atoms with E-state index in [0.717, 1.165) is 28.1 Å². The molecule has 0 unspecified atom stereocenters. The van der Waals surface area contributed by atoms with Crippen LogP contribution in [0.5, 0.6) is 5.75 Å². The number of carbonyl (C=O) groups excluding carboxylic acids is 1. The van der Waals surface area contributed by atoms with Crippen molar-refractivity contribution >= 4 is 39.8 Å². The summed E-state index contributed by atoms with van der Waals surface area (Å²) < 4.78 is 22.8. The Hall–Kier alpha value is -3.94. The maximum Gasteiger partial charge on any atom is 0.328 e. The van der Waals surface area contributed by atoms with Gasteiger partial charge in [0.05, 0.1) is 24.3 Å². The van der Waals surface area contributed by atoms with Gasteiger partial charge in [-0.2, -0.15) is 9.78 Å². The van der Waals surface area contributed by atoms with Gasteiger partial charge in [-0.25, -0.2) is 9.18 Å². The molecule has 0 saturated heterocycles. The van der Waals surface area contributed by atoms with Crippen LogP contribution in [0.2, 0.25) is 0 Å². The molecule has 182 valence electrons. The molecule has 0 aliphatic rings. The van der Waals surface area contributed by atoms with Crippen LogP contribution >= 0.6 is 0 Å². The average Bonchev–Trinajstić information content (AvgIpc) is 3.33. The Bertz CT molecular complexity index is 1500. The number of ether oxygens (including phenoxy) is 1. The fraction of sp³-hybridized carbons (Fsp3) is 0.296. The molecule has 4 aromatic rings. The molecule has 0 aliphatic carbocycles. The van der Waals surface area contributed by atoms with Crippen LogP contribution in [0.1, 0.15) is 56.6 Å². The lowest BCUT2D eigenvalue weighted by atomic mass is 9.95. The van der Waals surface area contributed by atoms with Gasteiger partial charge in [0.1, 0.15) is 0 Å². The van der Waals surface area contributed by atoms with Gasteiger partial charge in [0.2, 0.25) is 0 Å². The molecule has 1 N–H and O–H groups in total. The number of aromatic nitrogens is 3. The van der Waals surface area contributed by atoms with Crippen LogP contribution in [0, 0.1) is 11.2 Å². The number of carboxylic acid groups (broad SMARTS) is 1.